The van der Waals surface area contributed by atoms with Crippen LogP contribution < -0.4 is 5.32 Å². The molecule has 2 aromatic rings. The number of hydrogen-bond acceptors (Lipinski definition) is 5. The summed E-state index contributed by atoms with van der Waals surface area (Å²) in [7, 11) is 0. The van der Waals surface area contributed by atoms with Crippen molar-refractivity contribution < 1.29 is 9.32 Å². The summed E-state index contributed by atoms with van der Waals surface area (Å²) < 4.78 is 5.22. The van der Waals surface area contributed by atoms with Crippen LogP contribution >= 0.6 is 0 Å². The number of pyridine rings is 1. The maximum Gasteiger partial charge on any atom is 0.231 e. The Kier molecular flexibility index (Phi) is 5.00. The van der Waals surface area contributed by atoms with Crippen LogP contribution in [0.1, 0.15) is 55.1 Å². The molecule has 1 aliphatic carbocycles. The average Bonchev–Trinajstić information content (AvgIpc) is 2.97. The van der Waals surface area contributed by atoms with Gasteiger partial charge in [-0.25, -0.2) is 0 Å². The third kappa shape index (κ3) is 4.61. The van der Waals surface area contributed by atoms with Gasteiger partial charge in [-0.3, -0.25) is 9.78 Å². The van der Waals surface area contributed by atoms with Gasteiger partial charge in [0.1, 0.15) is 0 Å². The first-order chi connectivity index (χ1) is 11.2. The second kappa shape index (κ2) is 7.35. The highest BCUT2D eigenvalue weighted by atomic mass is 16.5. The molecule has 0 unspecified atom stereocenters. The van der Waals surface area contributed by atoms with E-state index in [2.05, 4.69) is 20.4 Å². The summed E-state index contributed by atoms with van der Waals surface area (Å²) in [5.41, 5.74) is 1.98. The minimum Gasteiger partial charge on any atom is -0.353 e. The molecule has 2 heterocycles. The summed E-state index contributed by atoms with van der Waals surface area (Å²) in [6, 6.07) is 4.24. The summed E-state index contributed by atoms with van der Waals surface area (Å²) in [6.45, 7) is 1.94. The van der Waals surface area contributed by atoms with Gasteiger partial charge in [-0.1, -0.05) is 30.5 Å². The van der Waals surface area contributed by atoms with Crippen molar-refractivity contribution >= 4 is 5.91 Å². The number of hydrogen-bond donors (Lipinski definition) is 1. The molecule has 1 saturated carbocycles. The van der Waals surface area contributed by atoms with Gasteiger partial charge < -0.3 is 9.84 Å². The number of nitrogens with one attached hydrogen (secondary N) is 1. The minimum atomic E-state index is -0.0266. The molecular formula is C17H22N4O2. The van der Waals surface area contributed by atoms with E-state index in [9.17, 15) is 4.79 Å². The van der Waals surface area contributed by atoms with Crippen molar-refractivity contribution in [2.24, 2.45) is 0 Å². The number of aromatic nitrogens is 3. The zero-order valence-electron chi connectivity index (χ0n) is 13.4. The highest BCUT2D eigenvalue weighted by Gasteiger charge is 2.17. The molecule has 0 aliphatic heterocycles. The Morgan fingerprint density at radius 1 is 1.30 bits per heavy atom. The standard InChI is InChI=1S/C17H22N4O2/c1-12-7-8-13(11-18-12)9-17-20-15(21-23-17)10-16(22)19-14-5-3-2-4-6-14/h7-8,11,14H,2-6,9-10H2,1H3,(H,19,22). The second-order valence-electron chi connectivity index (χ2n) is 6.17. The van der Waals surface area contributed by atoms with E-state index in [1.165, 1.54) is 19.3 Å². The number of rotatable bonds is 5. The highest BCUT2D eigenvalue weighted by molar-refractivity contribution is 5.78. The Labute approximate surface area is 135 Å². The predicted octanol–water partition coefficient (Wildman–Crippen LogP) is 2.36. The summed E-state index contributed by atoms with van der Waals surface area (Å²) in [5.74, 6) is 0.922. The van der Waals surface area contributed by atoms with E-state index in [1.54, 1.807) is 6.20 Å². The molecule has 6 heteroatoms. The van der Waals surface area contributed by atoms with Gasteiger partial charge in [0, 0.05) is 17.9 Å². The molecule has 0 atom stereocenters. The van der Waals surface area contributed by atoms with Gasteiger partial charge in [-0.05, 0) is 31.4 Å². The van der Waals surface area contributed by atoms with Gasteiger partial charge >= 0.3 is 0 Å². The fourth-order valence-corrected chi connectivity index (χ4v) is 2.88. The quantitative estimate of drug-likeness (QED) is 0.916. The number of nitrogens with zero attached hydrogens (tertiary/aromatic N) is 3. The monoisotopic (exact) mass is 314 g/mol. The van der Waals surface area contributed by atoms with Crippen LogP contribution in [0.2, 0.25) is 0 Å². The van der Waals surface area contributed by atoms with Crippen LogP contribution in [0.25, 0.3) is 0 Å². The van der Waals surface area contributed by atoms with Crippen LogP contribution in [-0.2, 0) is 17.6 Å². The summed E-state index contributed by atoms with van der Waals surface area (Å²) in [4.78, 5) is 20.6. The third-order valence-corrected chi connectivity index (χ3v) is 4.13. The van der Waals surface area contributed by atoms with E-state index in [1.807, 2.05) is 19.1 Å². The SMILES string of the molecule is Cc1ccc(Cc2nc(CC(=O)NC3CCCCC3)no2)cn1. The smallest absolute Gasteiger partial charge is 0.231 e. The number of aryl methyl sites for hydroxylation is 1. The van der Waals surface area contributed by atoms with Crippen LogP contribution in [0.4, 0.5) is 0 Å². The van der Waals surface area contributed by atoms with Gasteiger partial charge in [0.25, 0.3) is 0 Å². The zero-order valence-corrected chi connectivity index (χ0v) is 13.4. The molecule has 122 valence electrons. The molecule has 0 bridgehead atoms. The van der Waals surface area contributed by atoms with Crippen molar-refractivity contribution in [3.05, 3.63) is 41.3 Å². The summed E-state index contributed by atoms with van der Waals surface area (Å²) in [5, 5.41) is 6.96. The molecule has 0 radical (unpaired) electrons. The van der Waals surface area contributed by atoms with E-state index in [4.69, 9.17) is 4.52 Å². The van der Waals surface area contributed by atoms with Gasteiger partial charge in [0.05, 0.1) is 12.8 Å². The maximum absolute atomic E-state index is 12.0. The molecule has 1 amide bonds. The summed E-state index contributed by atoms with van der Waals surface area (Å²) >= 11 is 0. The van der Waals surface area contributed by atoms with E-state index in [-0.39, 0.29) is 12.3 Å². The van der Waals surface area contributed by atoms with Crippen molar-refractivity contribution in [2.75, 3.05) is 0 Å². The molecule has 1 aliphatic rings. The molecule has 3 rings (SSSR count). The molecule has 23 heavy (non-hydrogen) atoms. The molecule has 1 N–H and O–H groups in total. The fourth-order valence-electron chi connectivity index (χ4n) is 2.88. The lowest BCUT2D eigenvalue weighted by atomic mass is 9.95. The number of amides is 1. The van der Waals surface area contributed by atoms with E-state index < -0.39 is 0 Å². The lowest BCUT2D eigenvalue weighted by molar-refractivity contribution is -0.121. The predicted molar refractivity (Wildman–Crippen MR) is 84.8 cm³/mol. The molecule has 0 saturated heterocycles. The highest BCUT2D eigenvalue weighted by Crippen LogP contribution is 2.17. The molecule has 1 fully saturated rings. The zero-order chi connectivity index (χ0) is 16.1. The molecule has 0 spiro atoms. The van der Waals surface area contributed by atoms with Gasteiger partial charge in [-0.2, -0.15) is 4.98 Å². The van der Waals surface area contributed by atoms with Crippen LogP contribution in [0.3, 0.4) is 0 Å². The minimum absolute atomic E-state index is 0.0266. The fraction of sp³-hybridized carbons (Fsp3) is 0.529. The van der Waals surface area contributed by atoms with Crippen LogP contribution in [0.15, 0.2) is 22.9 Å². The van der Waals surface area contributed by atoms with Crippen molar-refractivity contribution in [1.82, 2.24) is 20.4 Å². The Hall–Kier alpha value is -2.24. The summed E-state index contributed by atoms with van der Waals surface area (Å²) in [6.07, 6.45) is 8.32. The lowest BCUT2D eigenvalue weighted by Crippen LogP contribution is -2.37. The van der Waals surface area contributed by atoms with Gasteiger partial charge in [0.2, 0.25) is 11.8 Å². The van der Waals surface area contributed by atoms with Crippen molar-refractivity contribution in [3.63, 3.8) is 0 Å². The van der Waals surface area contributed by atoms with Crippen LogP contribution in [0.5, 0.6) is 0 Å². The van der Waals surface area contributed by atoms with Crippen LogP contribution in [0, 0.1) is 6.92 Å². The van der Waals surface area contributed by atoms with Crippen molar-refractivity contribution in [2.45, 2.75) is 57.9 Å². The Balaban J connectivity index is 1.52. The first-order valence-corrected chi connectivity index (χ1v) is 8.21. The second-order valence-corrected chi connectivity index (χ2v) is 6.17. The average molecular weight is 314 g/mol. The Bertz CT molecular complexity index is 645. The Morgan fingerprint density at radius 2 is 2.13 bits per heavy atom. The maximum atomic E-state index is 12.0. The third-order valence-electron chi connectivity index (χ3n) is 4.13. The first kappa shape index (κ1) is 15.6. The normalized spacial score (nSPS) is 15.5. The van der Waals surface area contributed by atoms with Gasteiger partial charge in [0.15, 0.2) is 5.82 Å². The first-order valence-electron chi connectivity index (χ1n) is 8.21. The Morgan fingerprint density at radius 3 is 2.87 bits per heavy atom. The number of carbonyl (C=O) groups is 1. The number of carbonyl (C=O) groups excluding carboxylic acids is 1. The van der Waals surface area contributed by atoms with E-state index in [0.29, 0.717) is 24.2 Å². The molecule has 6 nitrogen and oxygen atoms in total. The van der Waals surface area contributed by atoms with E-state index in [0.717, 1.165) is 24.1 Å². The topological polar surface area (TPSA) is 80.9 Å². The van der Waals surface area contributed by atoms with E-state index >= 15 is 0 Å². The largest absolute Gasteiger partial charge is 0.353 e. The molecule has 2 aromatic heterocycles. The van der Waals surface area contributed by atoms with Crippen LogP contribution in [-0.4, -0.2) is 27.1 Å². The molecule has 0 aromatic carbocycles. The molecular weight excluding hydrogens is 292 g/mol. The van der Waals surface area contributed by atoms with Crippen molar-refractivity contribution in [1.29, 1.82) is 0 Å². The lowest BCUT2D eigenvalue weighted by Gasteiger charge is -2.22. The van der Waals surface area contributed by atoms with Gasteiger partial charge in [-0.15, -0.1) is 0 Å². The van der Waals surface area contributed by atoms with Crippen molar-refractivity contribution in [3.8, 4) is 0 Å².